The Bertz CT molecular complexity index is 698. The molecule has 4 nitrogen and oxygen atoms in total. The fourth-order valence-corrected chi connectivity index (χ4v) is 3.66. The second kappa shape index (κ2) is 8.89. The number of thiophene rings is 1. The van der Waals surface area contributed by atoms with Gasteiger partial charge in [0, 0.05) is 16.3 Å². The van der Waals surface area contributed by atoms with Crippen molar-refractivity contribution < 1.29 is 14.3 Å². The Morgan fingerprint density at radius 2 is 2.08 bits per heavy atom. The highest BCUT2D eigenvalue weighted by molar-refractivity contribution is 7.99. The molecule has 1 aromatic carbocycles. The number of benzene rings is 1. The third-order valence-corrected chi connectivity index (χ3v) is 5.39. The maximum Gasteiger partial charge on any atom is 0.316 e. The zero-order chi connectivity index (χ0) is 17.5. The molecule has 1 heterocycles. The number of rotatable bonds is 7. The molecule has 0 spiro atoms. The molecule has 1 atom stereocenters. The first-order valence-electron chi connectivity index (χ1n) is 7.63. The van der Waals surface area contributed by atoms with Crippen molar-refractivity contribution in [3.63, 3.8) is 0 Å². The van der Waals surface area contributed by atoms with Gasteiger partial charge in [0.05, 0.1) is 5.75 Å². The summed E-state index contributed by atoms with van der Waals surface area (Å²) in [5.74, 6) is 0.315. The molecule has 0 radical (unpaired) electrons. The van der Waals surface area contributed by atoms with Crippen molar-refractivity contribution in [2.45, 2.75) is 32.6 Å². The molecule has 0 aliphatic carbocycles. The highest BCUT2D eigenvalue weighted by atomic mass is 32.2. The quantitative estimate of drug-likeness (QED) is 0.750. The van der Waals surface area contributed by atoms with Crippen molar-refractivity contribution >= 4 is 40.7 Å². The second-order valence-electron chi connectivity index (χ2n) is 5.51. The molecule has 0 saturated carbocycles. The summed E-state index contributed by atoms with van der Waals surface area (Å²) in [7, 11) is 0. The summed E-state index contributed by atoms with van der Waals surface area (Å²) in [6, 6.07) is 9.85. The standard InChI is InChI=1S/C18H21NO3S2/c1-12-6-7-13(2)16(9-12)19-18(21)14(3)22-17(20)11-23-10-15-5-4-8-24-15/h4-9,14H,10-11H2,1-3H3,(H,19,21)/t14-/m0/s1. The molecule has 2 rings (SSSR count). The Morgan fingerprint density at radius 3 is 2.79 bits per heavy atom. The number of carbonyl (C=O) groups excluding carboxylic acids is 2. The molecule has 128 valence electrons. The Kier molecular flexibility index (Phi) is 6.87. The predicted octanol–water partition coefficient (Wildman–Crippen LogP) is 4.17. The maximum absolute atomic E-state index is 12.2. The third kappa shape index (κ3) is 5.69. The summed E-state index contributed by atoms with van der Waals surface area (Å²) in [4.78, 5) is 25.2. The molecular weight excluding hydrogens is 342 g/mol. The topological polar surface area (TPSA) is 55.4 Å². The van der Waals surface area contributed by atoms with Gasteiger partial charge in [-0.3, -0.25) is 9.59 Å². The van der Waals surface area contributed by atoms with E-state index in [0.717, 1.165) is 22.6 Å². The Morgan fingerprint density at radius 1 is 1.29 bits per heavy atom. The summed E-state index contributed by atoms with van der Waals surface area (Å²) in [6.45, 7) is 5.47. The minimum Gasteiger partial charge on any atom is -0.452 e. The van der Waals surface area contributed by atoms with Crippen LogP contribution in [0.25, 0.3) is 0 Å². The predicted molar refractivity (Wildman–Crippen MR) is 101 cm³/mol. The monoisotopic (exact) mass is 363 g/mol. The third-order valence-electron chi connectivity index (χ3n) is 3.37. The van der Waals surface area contributed by atoms with Crippen LogP contribution >= 0.6 is 23.1 Å². The average Bonchev–Trinajstić information content (AvgIpc) is 3.04. The van der Waals surface area contributed by atoms with E-state index >= 15 is 0 Å². The van der Waals surface area contributed by atoms with E-state index in [1.165, 1.54) is 16.6 Å². The lowest BCUT2D eigenvalue weighted by molar-refractivity contribution is -0.150. The molecular formula is C18H21NO3S2. The number of aryl methyl sites for hydroxylation is 2. The Balaban J connectivity index is 1.78. The van der Waals surface area contributed by atoms with Gasteiger partial charge in [0.15, 0.2) is 6.10 Å². The van der Waals surface area contributed by atoms with Crippen LogP contribution in [-0.2, 0) is 20.1 Å². The molecule has 2 aromatic rings. The molecule has 1 N–H and O–H groups in total. The number of hydrogen-bond acceptors (Lipinski definition) is 5. The first-order chi connectivity index (χ1) is 11.5. The van der Waals surface area contributed by atoms with Crippen LogP contribution in [0.15, 0.2) is 35.7 Å². The van der Waals surface area contributed by atoms with E-state index in [1.54, 1.807) is 18.3 Å². The number of thioether (sulfide) groups is 1. The van der Waals surface area contributed by atoms with Crippen LogP contribution in [0.2, 0.25) is 0 Å². The lowest BCUT2D eigenvalue weighted by atomic mass is 10.1. The van der Waals surface area contributed by atoms with Gasteiger partial charge in [-0.15, -0.1) is 23.1 Å². The van der Waals surface area contributed by atoms with Gasteiger partial charge in [-0.25, -0.2) is 0 Å². The highest BCUT2D eigenvalue weighted by Crippen LogP contribution is 2.18. The van der Waals surface area contributed by atoms with Gasteiger partial charge in [0.1, 0.15) is 0 Å². The number of esters is 1. The zero-order valence-electron chi connectivity index (χ0n) is 14.0. The van der Waals surface area contributed by atoms with Crippen LogP contribution < -0.4 is 5.32 Å². The fraction of sp³-hybridized carbons (Fsp3) is 0.333. The van der Waals surface area contributed by atoms with Gasteiger partial charge in [-0.1, -0.05) is 18.2 Å². The van der Waals surface area contributed by atoms with Gasteiger partial charge >= 0.3 is 5.97 Å². The van der Waals surface area contributed by atoms with E-state index in [-0.39, 0.29) is 17.6 Å². The van der Waals surface area contributed by atoms with Crippen molar-refractivity contribution in [3.8, 4) is 0 Å². The number of hydrogen-bond donors (Lipinski definition) is 1. The molecule has 1 amide bonds. The van der Waals surface area contributed by atoms with Crippen molar-refractivity contribution in [2.24, 2.45) is 0 Å². The molecule has 6 heteroatoms. The van der Waals surface area contributed by atoms with Gasteiger partial charge in [-0.05, 0) is 49.4 Å². The fourth-order valence-electron chi connectivity index (χ4n) is 2.02. The van der Waals surface area contributed by atoms with E-state index in [2.05, 4.69) is 5.32 Å². The summed E-state index contributed by atoms with van der Waals surface area (Å²) in [5.41, 5.74) is 2.78. The van der Waals surface area contributed by atoms with E-state index < -0.39 is 6.10 Å². The van der Waals surface area contributed by atoms with E-state index in [9.17, 15) is 9.59 Å². The number of anilines is 1. The van der Waals surface area contributed by atoms with E-state index in [0.29, 0.717) is 0 Å². The number of amides is 1. The minimum atomic E-state index is -0.820. The number of nitrogens with one attached hydrogen (secondary N) is 1. The molecule has 1 aromatic heterocycles. The molecule has 24 heavy (non-hydrogen) atoms. The van der Waals surface area contributed by atoms with Crippen LogP contribution in [0.4, 0.5) is 5.69 Å². The molecule has 0 fully saturated rings. The van der Waals surface area contributed by atoms with Gasteiger partial charge < -0.3 is 10.1 Å². The molecule has 0 unspecified atom stereocenters. The SMILES string of the molecule is Cc1ccc(C)c(NC(=O)[C@H](C)OC(=O)CSCc2cccs2)c1. The lowest BCUT2D eigenvalue weighted by Crippen LogP contribution is -2.30. The average molecular weight is 364 g/mol. The van der Waals surface area contributed by atoms with Gasteiger partial charge in [0.25, 0.3) is 5.91 Å². The van der Waals surface area contributed by atoms with Gasteiger partial charge in [-0.2, -0.15) is 0 Å². The van der Waals surface area contributed by atoms with E-state index in [1.807, 2.05) is 49.6 Å². The van der Waals surface area contributed by atoms with Gasteiger partial charge in [0.2, 0.25) is 0 Å². The van der Waals surface area contributed by atoms with Crippen molar-refractivity contribution in [1.82, 2.24) is 0 Å². The molecule has 0 aliphatic heterocycles. The first-order valence-corrected chi connectivity index (χ1v) is 9.67. The van der Waals surface area contributed by atoms with Crippen LogP contribution in [0.3, 0.4) is 0 Å². The number of carbonyl (C=O) groups is 2. The normalized spacial score (nSPS) is 11.8. The maximum atomic E-state index is 12.2. The summed E-state index contributed by atoms with van der Waals surface area (Å²) in [5, 5.41) is 4.82. The van der Waals surface area contributed by atoms with Crippen LogP contribution in [0.1, 0.15) is 22.9 Å². The minimum absolute atomic E-state index is 0.235. The number of ether oxygens (including phenoxy) is 1. The summed E-state index contributed by atoms with van der Waals surface area (Å²) >= 11 is 3.15. The zero-order valence-corrected chi connectivity index (χ0v) is 15.6. The lowest BCUT2D eigenvalue weighted by Gasteiger charge is -2.15. The second-order valence-corrected chi connectivity index (χ2v) is 7.53. The Hall–Kier alpha value is -1.79. The van der Waals surface area contributed by atoms with Crippen LogP contribution in [0, 0.1) is 13.8 Å². The molecule has 0 bridgehead atoms. The molecule has 0 aliphatic rings. The van der Waals surface area contributed by atoms with Crippen molar-refractivity contribution in [3.05, 3.63) is 51.7 Å². The van der Waals surface area contributed by atoms with Crippen LogP contribution in [-0.4, -0.2) is 23.7 Å². The van der Waals surface area contributed by atoms with Crippen molar-refractivity contribution in [2.75, 3.05) is 11.1 Å². The summed E-state index contributed by atoms with van der Waals surface area (Å²) < 4.78 is 5.21. The highest BCUT2D eigenvalue weighted by Gasteiger charge is 2.18. The smallest absolute Gasteiger partial charge is 0.316 e. The Labute approximate surface area is 150 Å². The first kappa shape index (κ1) is 18.5. The summed E-state index contributed by atoms with van der Waals surface area (Å²) in [6.07, 6.45) is -0.820. The molecule has 0 saturated heterocycles. The van der Waals surface area contributed by atoms with Crippen LogP contribution in [0.5, 0.6) is 0 Å². The van der Waals surface area contributed by atoms with Crippen molar-refractivity contribution in [1.29, 1.82) is 0 Å². The van der Waals surface area contributed by atoms with E-state index in [4.69, 9.17) is 4.74 Å². The largest absolute Gasteiger partial charge is 0.452 e.